The molecule has 0 aromatic heterocycles. The Morgan fingerprint density at radius 3 is 1.95 bits per heavy atom. The van der Waals surface area contributed by atoms with E-state index in [1.807, 2.05) is 48.5 Å². The van der Waals surface area contributed by atoms with Gasteiger partial charge in [0.2, 0.25) is 0 Å². The smallest absolute Gasteiger partial charge is 0.137 e. The number of hydrogen-bond donors (Lipinski definition) is 0. The molecule has 1 atom stereocenters. The zero-order valence-electron chi connectivity index (χ0n) is 12.3. The molecule has 1 unspecified atom stereocenters. The molecule has 2 aromatic rings. The highest BCUT2D eigenvalue weighted by molar-refractivity contribution is 5.81. The van der Waals surface area contributed by atoms with Crippen LogP contribution in [0.15, 0.2) is 60.7 Å². The molecule has 1 aliphatic rings. The van der Waals surface area contributed by atoms with E-state index in [4.69, 9.17) is 4.84 Å². The van der Waals surface area contributed by atoms with Crippen molar-refractivity contribution in [2.45, 2.75) is 12.5 Å². The molecule has 0 saturated carbocycles. The molecule has 1 saturated heterocycles. The summed E-state index contributed by atoms with van der Waals surface area (Å²) in [4.78, 5) is 18.0. The van der Waals surface area contributed by atoms with Gasteiger partial charge in [-0.15, -0.1) is 0 Å². The maximum Gasteiger partial charge on any atom is 0.137 e. The average molecular weight is 281 g/mol. The van der Waals surface area contributed by atoms with Gasteiger partial charge >= 0.3 is 0 Å². The van der Waals surface area contributed by atoms with Gasteiger partial charge in [0.25, 0.3) is 0 Å². The molecule has 1 aliphatic heterocycles. The zero-order valence-corrected chi connectivity index (χ0v) is 12.3. The predicted molar refractivity (Wildman–Crippen MR) is 81.6 cm³/mol. The van der Waals surface area contributed by atoms with Gasteiger partial charge in [-0.1, -0.05) is 60.7 Å². The van der Waals surface area contributed by atoms with E-state index in [1.165, 1.54) is 0 Å². The third kappa shape index (κ3) is 2.09. The second-order valence-electron chi connectivity index (χ2n) is 5.45. The number of Topliss-reactive ketones (excluding diaryl/α,β-unsaturated/α-hetero) is 1. The molecular weight excluding hydrogens is 262 g/mol. The van der Waals surface area contributed by atoms with Crippen LogP contribution in [0.2, 0.25) is 0 Å². The topological polar surface area (TPSA) is 29.5 Å². The molecule has 0 spiro atoms. The van der Waals surface area contributed by atoms with Gasteiger partial charge < -0.3 is 0 Å². The summed E-state index contributed by atoms with van der Waals surface area (Å²) in [7, 11) is 1.91. The monoisotopic (exact) mass is 281 g/mol. The lowest BCUT2D eigenvalue weighted by molar-refractivity contribution is -0.136. The second kappa shape index (κ2) is 5.43. The minimum atomic E-state index is -0.561. The van der Waals surface area contributed by atoms with Gasteiger partial charge in [-0.2, -0.15) is 5.06 Å². The first-order valence-corrected chi connectivity index (χ1v) is 7.15. The fraction of sp³-hybridized carbons (Fsp3) is 0.278. The number of hydroxylamine groups is 2. The van der Waals surface area contributed by atoms with E-state index >= 15 is 0 Å². The number of benzene rings is 2. The van der Waals surface area contributed by atoms with Crippen LogP contribution in [0.4, 0.5) is 0 Å². The lowest BCUT2D eigenvalue weighted by Crippen LogP contribution is -2.46. The molecule has 1 fully saturated rings. The zero-order chi connectivity index (χ0) is 14.9. The molecule has 3 heteroatoms. The van der Waals surface area contributed by atoms with Gasteiger partial charge in [-0.25, -0.2) is 0 Å². The van der Waals surface area contributed by atoms with Crippen LogP contribution in [0.25, 0.3) is 0 Å². The Labute approximate surface area is 125 Å². The van der Waals surface area contributed by atoms with E-state index in [-0.39, 0.29) is 11.7 Å². The van der Waals surface area contributed by atoms with Crippen molar-refractivity contribution < 1.29 is 9.63 Å². The van der Waals surface area contributed by atoms with Crippen LogP contribution in [-0.4, -0.2) is 24.5 Å². The number of carbonyl (C=O) groups is 1. The van der Waals surface area contributed by atoms with Crippen molar-refractivity contribution in [3.8, 4) is 0 Å². The van der Waals surface area contributed by atoms with Crippen molar-refractivity contribution in [3.63, 3.8) is 0 Å². The number of nitrogens with zero attached hydrogens (tertiary/aromatic N) is 1. The lowest BCUT2D eigenvalue weighted by atomic mass is 9.72. The van der Waals surface area contributed by atoms with E-state index in [0.717, 1.165) is 11.1 Å². The summed E-state index contributed by atoms with van der Waals surface area (Å²) in [5, 5.41) is 1.84. The first kappa shape index (κ1) is 14.0. The quantitative estimate of drug-likeness (QED) is 0.866. The lowest BCUT2D eigenvalue weighted by Gasteiger charge is -2.38. The van der Waals surface area contributed by atoms with Crippen LogP contribution in [0, 0.1) is 5.92 Å². The fourth-order valence-electron chi connectivity index (χ4n) is 3.36. The summed E-state index contributed by atoms with van der Waals surface area (Å²) >= 11 is 0. The number of ketones is 1. The second-order valence-corrected chi connectivity index (χ2v) is 5.45. The third-order valence-electron chi connectivity index (χ3n) is 4.35. The van der Waals surface area contributed by atoms with E-state index in [2.05, 4.69) is 24.3 Å². The molecule has 0 bridgehead atoms. The Hall–Kier alpha value is -1.97. The largest absolute Gasteiger partial charge is 0.300 e. The fourth-order valence-corrected chi connectivity index (χ4v) is 3.36. The van der Waals surface area contributed by atoms with Crippen LogP contribution >= 0.6 is 0 Å². The van der Waals surface area contributed by atoms with Crippen molar-refractivity contribution in [3.05, 3.63) is 71.8 Å². The van der Waals surface area contributed by atoms with Crippen LogP contribution in [0.1, 0.15) is 18.1 Å². The van der Waals surface area contributed by atoms with Gasteiger partial charge in [0, 0.05) is 7.05 Å². The first-order valence-electron chi connectivity index (χ1n) is 7.15. The van der Waals surface area contributed by atoms with E-state index in [0.29, 0.717) is 6.61 Å². The molecule has 2 aromatic carbocycles. The summed E-state index contributed by atoms with van der Waals surface area (Å²) in [6, 6.07) is 20.2. The first-order chi connectivity index (χ1) is 10.2. The average Bonchev–Trinajstić information content (AvgIpc) is 2.87. The summed E-state index contributed by atoms with van der Waals surface area (Å²) < 4.78 is 0. The molecule has 3 rings (SSSR count). The number of carbonyl (C=O) groups excluding carboxylic acids is 1. The highest BCUT2D eigenvalue weighted by atomic mass is 16.7. The van der Waals surface area contributed by atoms with Crippen LogP contribution in [0.3, 0.4) is 0 Å². The van der Waals surface area contributed by atoms with Gasteiger partial charge in [-0.05, 0) is 18.1 Å². The van der Waals surface area contributed by atoms with E-state index < -0.39 is 5.54 Å². The molecule has 0 amide bonds. The van der Waals surface area contributed by atoms with Crippen molar-refractivity contribution in [2.75, 3.05) is 13.7 Å². The molecule has 3 nitrogen and oxygen atoms in total. The minimum absolute atomic E-state index is 0.145. The maximum absolute atomic E-state index is 12.2. The normalized spacial score (nSPS) is 21.3. The van der Waals surface area contributed by atoms with Crippen molar-refractivity contribution in [1.82, 2.24) is 5.06 Å². The Morgan fingerprint density at radius 2 is 1.52 bits per heavy atom. The Morgan fingerprint density at radius 1 is 1.05 bits per heavy atom. The standard InChI is InChI=1S/C18H19NO2/c1-14(20)17-13-21-19(2)18(17,15-9-5-3-6-10-15)16-11-7-4-8-12-16/h3-12,17H,13H2,1-2H3. The molecule has 0 radical (unpaired) electrons. The molecule has 1 heterocycles. The Kier molecular flexibility index (Phi) is 3.62. The predicted octanol–water partition coefficient (Wildman–Crippen LogP) is 3.01. The molecular formula is C18H19NO2. The van der Waals surface area contributed by atoms with Crippen LogP contribution < -0.4 is 0 Å². The summed E-state index contributed by atoms with van der Waals surface area (Å²) in [5.74, 6) is -0.0700. The van der Waals surface area contributed by atoms with Gasteiger partial charge in [0.05, 0.1) is 12.5 Å². The number of rotatable bonds is 3. The van der Waals surface area contributed by atoms with Gasteiger partial charge in [-0.3, -0.25) is 9.63 Å². The minimum Gasteiger partial charge on any atom is -0.300 e. The van der Waals surface area contributed by atoms with Crippen LogP contribution in [0.5, 0.6) is 0 Å². The molecule has 0 N–H and O–H groups in total. The Bertz CT molecular complexity index is 585. The molecule has 0 aliphatic carbocycles. The summed E-state index contributed by atoms with van der Waals surface area (Å²) in [6.45, 7) is 2.06. The number of hydrogen-bond acceptors (Lipinski definition) is 3. The molecule has 21 heavy (non-hydrogen) atoms. The SMILES string of the molecule is CC(=O)C1CON(C)C1(c1ccccc1)c1ccccc1. The van der Waals surface area contributed by atoms with Crippen molar-refractivity contribution >= 4 is 5.78 Å². The Balaban J connectivity index is 2.27. The van der Waals surface area contributed by atoms with E-state index in [9.17, 15) is 4.79 Å². The summed E-state index contributed by atoms with van der Waals surface area (Å²) in [5.41, 5.74) is 1.60. The highest BCUT2D eigenvalue weighted by Crippen LogP contribution is 2.46. The van der Waals surface area contributed by atoms with E-state index in [1.54, 1.807) is 6.92 Å². The van der Waals surface area contributed by atoms with Crippen molar-refractivity contribution in [2.24, 2.45) is 5.92 Å². The van der Waals surface area contributed by atoms with Crippen molar-refractivity contribution in [1.29, 1.82) is 0 Å². The third-order valence-corrected chi connectivity index (χ3v) is 4.35. The summed E-state index contributed by atoms with van der Waals surface area (Å²) in [6.07, 6.45) is 0. The van der Waals surface area contributed by atoms with Gasteiger partial charge in [0.1, 0.15) is 11.3 Å². The van der Waals surface area contributed by atoms with Gasteiger partial charge in [0.15, 0.2) is 0 Å². The van der Waals surface area contributed by atoms with Crippen LogP contribution in [-0.2, 0) is 15.2 Å². The maximum atomic E-state index is 12.2. The highest BCUT2D eigenvalue weighted by Gasteiger charge is 2.53. The molecule has 108 valence electrons.